The molecule has 0 saturated heterocycles. The fourth-order valence-corrected chi connectivity index (χ4v) is 12.2. The summed E-state index contributed by atoms with van der Waals surface area (Å²) in [5.41, 5.74) is 4.77. The van der Waals surface area contributed by atoms with Gasteiger partial charge in [-0.3, -0.25) is 4.79 Å². The minimum atomic E-state index is -0.297. The lowest BCUT2D eigenvalue weighted by atomic mass is 9.32. The Kier molecular flexibility index (Phi) is 5.90. The maximum atomic E-state index is 14.0. The van der Waals surface area contributed by atoms with E-state index in [1.54, 1.807) is 0 Å². The molecule has 0 heterocycles. The normalized spacial score (nSPS) is 48.6. The van der Waals surface area contributed by atoms with Crippen molar-refractivity contribution in [3.8, 4) is 0 Å². The summed E-state index contributed by atoms with van der Waals surface area (Å²) in [5.74, 6) is 3.87. The molecular weight excluding hydrogens is 460 g/mol. The molecule has 1 aromatic rings. The Morgan fingerprint density at radius 3 is 2.24 bits per heavy atom. The molecule has 6 rings (SSSR count). The Balaban J connectivity index is 1.41. The zero-order chi connectivity index (χ0) is 27.3. The van der Waals surface area contributed by atoms with Crippen LogP contribution in [0.25, 0.3) is 6.08 Å². The first-order valence-electron chi connectivity index (χ1n) is 15.7. The molecule has 0 radical (unpaired) electrons. The van der Waals surface area contributed by atoms with Crippen molar-refractivity contribution in [1.82, 2.24) is 0 Å². The second-order valence-corrected chi connectivity index (χ2v) is 16.1. The van der Waals surface area contributed by atoms with Crippen LogP contribution in [0.15, 0.2) is 48.1 Å². The van der Waals surface area contributed by atoms with E-state index in [1.165, 1.54) is 62.5 Å². The molecule has 0 spiro atoms. The van der Waals surface area contributed by atoms with E-state index in [-0.39, 0.29) is 10.8 Å². The molecule has 1 nitrogen and oxygen atoms in total. The molecule has 1 heteroatoms. The van der Waals surface area contributed by atoms with Crippen LogP contribution in [0.3, 0.4) is 0 Å². The lowest BCUT2D eigenvalue weighted by Gasteiger charge is -2.72. The molecular formula is C37H52O. The first-order valence-corrected chi connectivity index (χ1v) is 15.7. The highest BCUT2D eigenvalue weighted by molar-refractivity contribution is 6.04. The van der Waals surface area contributed by atoms with Gasteiger partial charge in [0.25, 0.3) is 0 Å². The van der Waals surface area contributed by atoms with Gasteiger partial charge in [-0.25, -0.2) is 0 Å². The largest absolute Gasteiger partial charge is 0.294 e. The molecule has 38 heavy (non-hydrogen) atoms. The zero-order valence-electron chi connectivity index (χ0n) is 25.3. The van der Waals surface area contributed by atoms with Crippen LogP contribution in [0.4, 0.5) is 0 Å². The van der Waals surface area contributed by atoms with E-state index >= 15 is 0 Å². The number of allylic oxidation sites excluding steroid dienone is 2. The molecule has 9 atom stereocenters. The Labute approximate surface area is 232 Å². The van der Waals surface area contributed by atoms with Crippen molar-refractivity contribution in [3.05, 3.63) is 53.6 Å². The molecule has 5 aliphatic rings. The number of benzene rings is 1. The van der Waals surface area contributed by atoms with Crippen molar-refractivity contribution in [2.45, 2.75) is 106 Å². The molecule has 0 aliphatic heterocycles. The van der Waals surface area contributed by atoms with Gasteiger partial charge in [0.15, 0.2) is 5.78 Å². The molecule has 5 fully saturated rings. The Bertz CT molecular complexity index is 1170. The van der Waals surface area contributed by atoms with Crippen molar-refractivity contribution in [2.24, 2.45) is 56.7 Å². The van der Waals surface area contributed by atoms with E-state index in [1.807, 2.05) is 0 Å². The third-order valence-corrected chi connectivity index (χ3v) is 14.2. The molecule has 206 valence electrons. The first kappa shape index (κ1) is 26.6. The molecule has 0 bridgehead atoms. The number of fused-ring (bicyclic) bond motifs is 7. The maximum absolute atomic E-state index is 14.0. The van der Waals surface area contributed by atoms with Gasteiger partial charge in [0.05, 0.1) is 0 Å². The SMILES string of the molecule is C=C(C)C1CCC2(C)CCC3(C)C(CCC4C5(C)CC(=Cc6ccccc6)C(=O)C(C)(C)C5CCC43C)C12. The lowest BCUT2D eigenvalue weighted by Crippen LogP contribution is -2.66. The van der Waals surface area contributed by atoms with Crippen molar-refractivity contribution in [2.75, 3.05) is 0 Å². The summed E-state index contributed by atoms with van der Waals surface area (Å²) in [4.78, 5) is 14.0. The summed E-state index contributed by atoms with van der Waals surface area (Å²) in [7, 11) is 0. The van der Waals surface area contributed by atoms with Gasteiger partial charge >= 0.3 is 0 Å². The van der Waals surface area contributed by atoms with E-state index in [2.05, 4.69) is 91.5 Å². The molecule has 5 aliphatic carbocycles. The molecule has 9 unspecified atom stereocenters. The third kappa shape index (κ3) is 3.38. The summed E-state index contributed by atoms with van der Waals surface area (Å²) in [6.07, 6.45) is 13.9. The predicted molar refractivity (Wildman–Crippen MR) is 159 cm³/mol. The third-order valence-electron chi connectivity index (χ3n) is 14.2. The average Bonchev–Trinajstić information content (AvgIpc) is 3.21. The van der Waals surface area contributed by atoms with Gasteiger partial charge < -0.3 is 0 Å². The number of carbonyl (C=O) groups excluding carboxylic acids is 1. The van der Waals surface area contributed by atoms with Crippen molar-refractivity contribution in [1.29, 1.82) is 0 Å². The van der Waals surface area contributed by atoms with E-state index in [4.69, 9.17) is 0 Å². The van der Waals surface area contributed by atoms with Gasteiger partial charge in [-0.2, -0.15) is 0 Å². The van der Waals surface area contributed by atoms with Crippen molar-refractivity contribution < 1.29 is 4.79 Å². The number of hydrogen-bond donors (Lipinski definition) is 0. The van der Waals surface area contributed by atoms with Crippen LogP contribution in [0.2, 0.25) is 0 Å². The van der Waals surface area contributed by atoms with Crippen LogP contribution in [-0.4, -0.2) is 5.78 Å². The summed E-state index contributed by atoms with van der Waals surface area (Å²) >= 11 is 0. The fourth-order valence-electron chi connectivity index (χ4n) is 12.2. The van der Waals surface area contributed by atoms with Crippen molar-refractivity contribution >= 4 is 11.9 Å². The van der Waals surface area contributed by atoms with Gasteiger partial charge in [-0.15, -0.1) is 0 Å². The highest BCUT2D eigenvalue weighted by atomic mass is 16.1. The smallest absolute Gasteiger partial charge is 0.164 e. The van der Waals surface area contributed by atoms with Gasteiger partial charge in [-0.05, 0) is 133 Å². The van der Waals surface area contributed by atoms with Crippen LogP contribution >= 0.6 is 0 Å². The van der Waals surface area contributed by atoms with Gasteiger partial charge in [0.2, 0.25) is 0 Å². The van der Waals surface area contributed by atoms with E-state index in [9.17, 15) is 4.79 Å². The molecule has 5 saturated carbocycles. The number of ketones is 1. The summed E-state index contributed by atoms with van der Waals surface area (Å²) in [6, 6.07) is 10.5. The van der Waals surface area contributed by atoms with Gasteiger partial charge in [-0.1, -0.05) is 84.0 Å². The van der Waals surface area contributed by atoms with E-state index in [0.29, 0.717) is 39.8 Å². The summed E-state index contributed by atoms with van der Waals surface area (Å²) in [5, 5.41) is 0. The molecule has 0 aromatic heterocycles. The predicted octanol–water partition coefficient (Wildman–Crippen LogP) is 9.93. The second-order valence-electron chi connectivity index (χ2n) is 16.1. The van der Waals surface area contributed by atoms with Gasteiger partial charge in [0, 0.05) is 5.41 Å². The highest BCUT2D eigenvalue weighted by Gasteiger charge is 2.70. The fraction of sp³-hybridized carbons (Fsp3) is 0.703. The van der Waals surface area contributed by atoms with Gasteiger partial charge in [0.1, 0.15) is 0 Å². The maximum Gasteiger partial charge on any atom is 0.164 e. The first-order chi connectivity index (χ1) is 17.8. The van der Waals surface area contributed by atoms with Crippen LogP contribution in [0.5, 0.6) is 0 Å². The highest BCUT2D eigenvalue weighted by Crippen LogP contribution is 2.77. The van der Waals surface area contributed by atoms with Crippen LogP contribution < -0.4 is 0 Å². The number of hydrogen-bond acceptors (Lipinski definition) is 1. The minimum Gasteiger partial charge on any atom is -0.294 e. The molecule has 0 N–H and O–H groups in total. The quantitative estimate of drug-likeness (QED) is 0.284. The Hall–Kier alpha value is -1.63. The molecule has 1 aromatic carbocycles. The van der Waals surface area contributed by atoms with E-state index < -0.39 is 0 Å². The molecule has 0 amide bonds. The van der Waals surface area contributed by atoms with Crippen LogP contribution in [-0.2, 0) is 4.79 Å². The van der Waals surface area contributed by atoms with Crippen LogP contribution in [0.1, 0.15) is 112 Å². The number of carbonyl (C=O) groups is 1. The standard InChI is InChI=1S/C37H52O/c1-24(2)27-16-18-34(5)20-21-36(7)28(31(27)34)14-15-30-35(6)23-26(22-25-12-10-9-11-13-25)32(38)33(3,4)29(35)17-19-37(30,36)8/h9-13,22,27-31H,1,14-21,23H2,2-8H3. The monoisotopic (exact) mass is 512 g/mol. The van der Waals surface area contributed by atoms with E-state index in [0.717, 1.165) is 23.8 Å². The minimum absolute atomic E-state index is 0.170. The Morgan fingerprint density at radius 2 is 1.55 bits per heavy atom. The zero-order valence-corrected chi connectivity index (χ0v) is 25.3. The lowest BCUT2D eigenvalue weighted by molar-refractivity contribution is -0.228. The average molecular weight is 513 g/mol. The number of Topliss-reactive ketones (excluding diaryl/α,β-unsaturated/α-hetero) is 1. The summed E-state index contributed by atoms with van der Waals surface area (Å²) in [6.45, 7) is 22.0. The number of rotatable bonds is 2. The summed E-state index contributed by atoms with van der Waals surface area (Å²) < 4.78 is 0. The topological polar surface area (TPSA) is 17.1 Å². The Morgan fingerprint density at radius 1 is 0.842 bits per heavy atom. The van der Waals surface area contributed by atoms with Crippen molar-refractivity contribution in [3.63, 3.8) is 0 Å². The second kappa shape index (κ2) is 8.44. The van der Waals surface area contributed by atoms with Crippen LogP contribution in [0, 0.1) is 56.7 Å².